The predicted octanol–water partition coefficient (Wildman–Crippen LogP) is 1.70. The summed E-state index contributed by atoms with van der Waals surface area (Å²) in [4.78, 5) is 3.31. The number of pyridine rings is 1. The summed E-state index contributed by atoms with van der Waals surface area (Å²) in [7, 11) is -1.94. The van der Waals surface area contributed by atoms with Crippen LogP contribution in [0.3, 0.4) is 0 Å². The summed E-state index contributed by atoms with van der Waals surface area (Å²) in [6, 6.07) is 0. The zero-order valence-electron chi connectivity index (χ0n) is 7.99. The predicted molar refractivity (Wildman–Crippen MR) is 46.0 cm³/mol. The van der Waals surface area contributed by atoms with Gasteiger partial charge in [-0.2, -0.15) is 0 Å². The summed E-state index contributed by atoms with van der Waals surface area (Å²) < 4.78 is 26.1. The number of halogens is 2. The second-order valence-corrected chi connectivity index (χ2v) is 8.66. The summed E-state index contributed by atoms with van der Waals surface area (Å²) in [5.41, 5.74) is 0. The first kappa shape index (κ1) is 12.9. The van der Waals surface area contributed by atoms with Crippen molar-refractivity contribution in [2.75, 3.05) is 0 Å². The van der Waals surface area contributed by atoms with Crippen LogP contribution in [-0.2, 0) is 19.5 Å². The molecule has 0 bridgehead atoms. The molecule has 0 saturated heterocycles. The van der Waals surface area contributed by atoms with Gasteiger partial charge in [0.2, 0.25) is 0 Å². The monoisotopic (exact) mass is 250 g/mol. The smallest absolute Gasteiger partial charge is 0.0365 e. The molecular weight excluding hydrogens is 242 g/mol. The van der Waals surface area contributed by atoms with Crippen molar-refractivity contribution in [1.82, 2.24) is 4.98 Å². The Labute approximate surface area is 90.3 Å². The normalized spacial score (nSPS) is 10.8. The zero-order chi connectivity index (χ0) is 9.35. The first-order valence-electron chi connectivity index (χ1n) is 3.65. The van der Waals surface area contributed by atoms with Crippen LogP contribution in [0.2, 0.25) is 19.6 Å². The fourth-order valence-corrected chi connectivity index (χ4v) is 2.55. The maximum atomic E-state index is 13.1. The third kappa shape index (κ3) is 2.92. The Morgan fingerprint density at radius 1 is 1.31 bits per heavy atom. The van der Waals surface area contributed by atoms with Crippen LogP contribution >= 0.6 is 0 Å². The molecule has 1 heterocycles. The van der Waals surface area contributed by atoms with Crippen LogP contribution in [0.1, 0.15) is 0 Å². The molecule has 0 saturated carbocycles. The molecule has 0 unspecified atom stereocenters. The van der Waals surface area contributed by atoms with Crippen LogP contribution < -0.4 is 5.19 Å². The van der Waals surface area contributed by atoms with Gasteiger partial charge in [0.25, 0.3) is 0 Å². The van der Waals surface area contributed by atoms with Crippen LogP contribution in [0.15, 0.2) is 6.20 Å². The average molecular weight is 252 g/mol. The quantitative estimate of drug-likeness (QED) is 0.547. The first-order chi connectivity index (χ1) is 5.43. The van der Waals surface area contributed by atoms with Gasteiger partial charge in [0.05, 0.1) is 0 Å². The topological polar surface area (TPSA) is 12.9 Å². The number of hydrogen-bond donors (Lipinski definition) is 0. The van der Waals surface area contributed by atoms with Gasteiger partial charge in [0, 0.05) is 39.2 Å². The summed E-state index contributed by atoms with van der Waals surface area (Å²) in [5, 5.41) is 0.178. The van der Waals surface area contributed by atoms with E-state index < -0.39 is 19.7 Å². The summed E-state index contributed by atoms with van der Waals surface area (Å²) >= 11 is 0. The van der Waals surface area contributed by atoms with Gasteiger partial charge in [-0.05, 0) is 6.20 Å². The summed E-state index contributed by atoms with van der Waals surface area (Å²) in [5.74, 6) is -1.19. The molecule has 0 atom stereocenters. The maximum absolute atomic E-state index is 13.1. The van der Waals surface area contributed by atoms with E-state index in [1.54, 1.807) is 0 Å². The molecule has 1 aromatic rings. The molecule has 0 N–H and O–H groups in total. The molecule has 5 heteroatoms. The molecule has 68 valence electrons. The van der Waals surface area contributed by atoms with Crippen LogP contribution in [0.4, 0.5) is 8.78 Å². The van der Waals surface area contributed by atoms with E-state index in [1.807, 2.05) is 19.6 Å². The molecule has 1 nitrogen and oxygen atoms in total. The fraction of sp³-hybridized carbons (Fsp3) is 0.375. The van der Waals surface area contributed by atoms with E-state index >= 15 is 0 Å². The van der Waals surface area contributed by atoms with Crippen molar-refractivity contribution in [3.63, 3.8) is 0 Å². The third-order valence-electron chi connectivity index (χ3n) is 1.55. The average Bonchev–Trinajstić information content (AvgIpc) is 1.82. The van der Waals surface area contributed by atoms with Gasteiger partial charge >= 0.3 is 0 Å². The minimum Gasteiger partial charge on any atom is -0.388 e. The summed E-state index contributed by atoms with van der Waals surface area (Å²) in [6.45, 7) is 5.63. The minimum absolute atomic E-state index is 0. The van der Waals surface area contributed by atoms with Gasteiger partial charge in [-0.3, -0.25) is 0 Å². The van der Waals surface area contributed by atoms with Crippen molar-refractivity contribution in [2.45, 2.75) is 19.6 Å². The van der Waals surface area contributed by atoms with Gasteiger partial charge in [-0.15, -0.1) is 0 Å². The molecule has 0 aliphatic rings. The van der Waals surface area contributed by atoms with Gasteiger partial charge in [0.1, 0.15) is 0 Å². The van der Waals surface area contributed by atoms with Crippen molar-refractivity contribution < 1.29 is 28.3 Å². The van der Waals surface area contributed by atoms with E-state index in [0.717, 1.165) is 6.20 Å². The third-order valence-corrected chi connectivity index (χ3v) is 3.51. The van der Waals surface area contributed by atoms with Gasteiger partial charge < -0.3 is 4.98 Å². The second-order valence-electron chi connectivity index (χ2n) is 3.66. The van der Waals surface area contributed by atoms with Gasteiger partial charge in [0.15, 0.2) is 0 Å². The molecule has 0 fully saturated rings. The van der Waals surface area contributed by atoms with Crippen molar-refractivity contribution in [2.24, 2.45) is 0 Å². The molecule has 13 heavy (non-hydrogen) atoms. The molecule has 0 aromatic carbocycles. The Kier molecular flexibility index (Phi) is 4.33. The SMILES string of the molecule is C[Si](C)(C)c1c(F)[c-]ncc1F.[Zn]. The van der Waals surface area contributed by atoms with Crippen molar-refractivity contribution >= 4 is 13.3 Å². The number of hydrogen-bond acceptors (Lipinski definition) is 1. The standard InChI is InChI=1S/C8H10F2NSi.Zn/c1-12(2,3)8-6(9)4-11-5-7(8)10;/h4H,1-3H3;/q-1;. The van der Waals surface area contributed by atoms with Crippen LogP contribution in [0, 0.1) is 17.8 Å². The Balaban J connectivity index is 0.00000144. The zero-order valence-corrected chi connectivity index (χ0v) is 12.0. The Bertz CT molecular complexity index is 278. The number of nitrogens with zero attached hydrogens (tertiary/aromatic N) is 1. The van der Waals surface area contributed by atoms with Crippen molar-refractivity contribution in [3.8, 4) is 0 Å². The van der Waals surface area contributed by atoms with E-state index in [-0.39, 0.29) is 24.7 Å². The van der Waals surface area contributed by atoms with E-state index in [4.69, 9.17) is 0 Å². The molecule has 1 aromatic heterocycles. The molecule has 0 amide bonds. The van der Waals surface area contributed by atoms with E-state index in [9.17, 15) is 8.78 Å². The first-order valence-corrected chi connectivity index (χ1v) is 7.15. The Morgan fingerprint density at radius 2 is 1.85 bits per heavy atom. The van der Waals surface area contributed by atoms with Crippen molar-refractivity contribution in [1.29, 1.82) is 0 Å². The van der Waals surface area contributed by atoms with Crippen LogP contribution in [0.25, 0.3) is 0 Å². The molecular formula is C8H10F2NSiZn-. The molecule has 0 aliphatic heterocycles. The molecule has 0 radical (unpaired) electrons. The number of aromatic nitrogens is 1. The van der Waals surface area contributed by atoms with Crippen molar-refractivity contribution in [3.05, 3.63) is 24.0 Å². The maximum Gasteiger partial charge on any atom is 0.0365 e. The molecule has 1 rings (SSSR count). The molecule has 0 spiro atoms. The van der Waals surface area contributed by atoms with E-state index in [0.29, 0.717) is 0 Å². The fourth-order valence-electron chi connectivity index (χ4n) is 1.06. The van der Waals surface area contributed by atoms with Crippen LogP contribution in [-0.4, -0.2) is 13.1 Å². The summed E-state index contributed by atoms with van der Waals surface area (Å²) in [6.07, 6.45) is 3.14. The van der Waals surface area contributed by atoms with E-state index in [1.165, 1.54) is 0 Å². The minimum atomic E-state index is -1.94. The number of rotatable bonds is 1. The van der Waals surface area contributed by atoms with E-state index in [2.05, 4.69) is 11.2 Å². The Morgan fingerprint density at radius 3 is 2.15 bits per heavy atom. The van der Waals surface area contributed by atoms with Gasteiger partial charge in [-0.25, -0.2) is 8.78 Å². The second kappa shape index (κ2) is 4.38. The Hall–Kier alpha value is -0.150. The molecule has 0 aliphatic carbocycles. The largest absolute Gasteiger partial charge is 0.388 e. The van der Waals surface area contributed by atoms with Gasteiger partial charge in [-0.1, -0.05) is 31.0 Å². The van der Waals surface area contributed by atoms with Crippen LogP contribution in [0.5, 0.6) is 0 Å².